The van der Waals surface area contributed by atoms with Crippen LogP contribution in [0, 0.1) is 5.82 Å². The standard InChI is InChI=1S/C19H20FN3O3/c20-14-6-4-5-13(9-14)11-21-18(25)17-10-16(24)12-23(17)19(26)22-15-7-2-1-3-8-15/h1-9,16-17,24H,10-12H2,(H,21,25)(H,22,26)/t16-,17-/m0/s1. The monoisotopic (exact) mass is 357 g/mol. The number of hydrogen-bond donors (Lipinski definition) is 3. The van der Waals surface area contributed by atoms with Crippen molar-refractivity contribution in [3.05, 3.63) is 66.0 Å². The molecule has 26 heavy (non-hydrogen) atoms. The summed E-state index contributed by atoms with van der Waals surface area (Å²) in [6, 6.07) is 13.6. The fourth-order valence-electron chi connectivity index (χ4n) is 2.96. The van der Waals surface area contributed by atoms with Crippen LogP contribution in [0.5, 0.6) is 0 Å². The molecule has 1 saturated heterocycles. The number of urea groups is 1. The number of β-amino-alcohol motifs (C(OH)–C–C–N with tert-alkyl or cyclic N) is 1. The first-order valence-corrected chi connectivity index (χ1v) is 8.36. The summed E-state index contributed by atoms with van der Waals surface area (Å²) in [5, 5.41) is 15.3. The number of para-hydroxylation sites is 1. The van der Waals surface area contributed by atoms with Crippen molar-refractivity contribution in [1.29, 1.82) is 0 Å². The molecule has 0 radical (unpaired) electrons. The number of rotatable bonds is 4. The van der Waals surface area contributed by atoms with Crippen molar-refractivity contribution in [1.82, 2.24) is 10.2 Å². The van der Waals surface area contributed by atoms with Crippen molar-refractivity contribution in [2.75, 3.05) is 11.9 Å². The van der Waals surface area contributed by atoms with Crippen molar-refractivity contribution in [3.63, 3.8) is 0 Å². The molecule has 2 aromatic rings. The molecule has 2 atom stereocenters. The Morgan fingerprint density at radius 3 is 2.65 bits per heavy atom. The van der Waals surface area contributed by atoms with Gasteiger partial charge in [0.25, 0.3) is 0 Å². The van der Waals surface area contributed by atoms with E-state index < -0.39 is 18.2 Å². The lowest BCUT2D eigenvalue weighted by Crippen LogP contribution is -2.47. The molecule has 3 rings (SSSR count). The number of likely N-dealkylation sites (tertiary alicyclic amines) is 1. The predicted molar refractivity (Wildman–Crippen MR) is 94.8 cm³/mol. The number of hydrogen-bond acceptors (Lipinski definition) is 3. The van der Waals surface area contributed by atoms with E-state index in [-0.39, 0.29) is 31.2 Å². The van der Waals surface area contributed by atoms with E-state index in [4.69, 9.17) is 0 Å². The molecule has 1 heterocycles. The van der Waals surface area contributed by atoms with E-state index in [1.807, 2.05) is 6.07 Å². The number of nitrogens with zero attached hydrogens (tertiary/aromatic N) is 1. The van der Waals surface area contributed by atoms with Crippen LogP contribution in [0.3, 0.4) is 0 Å². The molecule has 3 amide bonds. The summed E-state index contributed by atoms with van der Waals surface area (Å²) >= 11 is 0. The van der Waals surface area contributed by atoms with Gasteiger partial charge in [0.2, 0.25) is 5.91 Å². The van der Waals surface area contributed by atoms with Crippen LogP contribution in [0.25, 0.3) is 0 Å². The van der Waals surface area contributed by atoms with Gasteiger partial charge in [0.15, 0.2) is 0 Å². The van der Waals surface area contributed by atoms with E-state index in [0.717, 1.165) is 0 Å². The summed E-state index contributed by atoms with van der Waals surface area (Å²) in [7, 11) is 0. The smallest absolute Gasteiger partial charge is 0.322 e. The highest BCUT2D eigenvalue weighted by Gasteiger charge is 2.38. The van der Waals surface area contributed by atoms with Gasteiger partial charge >= 0.3 is 6.03 Å². The van der Waals surface area contributed by atoms with Gasteiger partial charge in [-0.2, -0.15) is 0 Å². The SMILES string of the molecule is O=C(NCc1cccc(F)c1)[C@@H]1C[C@H](O)CN1C(=O)Nc1ccccc1. The second kappa shape index (κ2) is 7.97. The van der Waals surface area contributed by atoms with Crippen molar-refractivity contribution in [2.24, 2.45) is 0 Å². The first-order chi connectivity index (χ1) is 12.5. The predicted octanol–water partition coefficient (Wildman–Crippen LogP) is 2.11. The first kappa shape index (κ1) is 17.9. The lowest BCUT2D eigenvalue weighted by molar-refractivity contribution is -0.124. The number of aliphatic hydroxyl groups is 1. The topological polar surface area (TPSA) is 81.7 Å². The van der Waals surface area contributed by atoms with Crippen molar-refractivity contribution in [2.45, 2.75) is 25.1 Å². The van der Waals surface area contributed by atoms with Crippen molar-refractivity contribution >= 4 is 17.6 Å². The highest BCUT2D eigenvalue weighted by atomic mass is 19.1. The van der Waals surface area contributed by atoms with E-state index in [2.05, 4.69) is 10.6 Å². The zero-order chi connectivity index (χ0) is 18.5. The number of amides is 3. The Labute approximate surface area is 150 Å². The number of halogens is 1. The minimum absolute atomic E-state index is 0.0801. The Kier molecular flexibility index (Phi) is 5.48. The van der Waals surface area contributed by atoms with E-state index in [1.54, 1.807) is 36.4 Å². The molecule has 2 aromatic carbocycles. The molecule has 6 nitrogen and oxygen atoms in total. The average Bonchev–Trinajstić information content (AvgIpc) is 3.03. The molecule has 1 aliphatic heterocycles. The molecular weight excluding hydrogens is 337 g/mol. The Morgan fingerprint density at radius 1 is 1.15 bits per heavy atom. The maximum absolute atomic E-state index is 13.2. The lowest BCUT2D eigenvalue weighted by Gasteiger charge is -2.24. The van der Waals surface area contributed by atoms with Gasteiger partial charge in [0, 0.05) is 25.2 Å². The Hall–Kier alpha value is -2.93. The Balaban J connectivity index is 1.62. The molecule has 1 fully saturated rings. The number of benzene rings is 2. The summed E-state index contributed by atoms with van der Waals surface area (Å²) in [5.41, 5.74) is 1.23. The number of aliphatic hydroxyl groups excluding tert-OH is 1. The van der Waals surface area contributed by atoms with Gasteiger partial charge in [-0.1, -0.05) is 30.3 Å². The van der Waals surface area contributed by atoms with Gasteiger partial charge in [-0.15, -0.1) is 0 Å². The normalized spacial score (nSPS) is 19.2. The fraction of sp³-hybridized carbons (Fsp3) is 0.263. The van der Waals surface area contributed by atoms with Crippen LogP contribution in [-0.2, 0) is 11.3 Å². The second-order valence-corrected chi connectivity index (χ2v) is 6.20. The third kappa shape index (κ3) is 4.37. The molecule has 0 saturated carbocycles. The highest BCUT2D eigenvalue weighted by Crippen LogP contribution is 2.20. The van der Waals surface area contributed by atoms with Gasteiger partial charge in [0.05, 0.1) is 6.10 Å². The van der Waals surface area contributed by atoms with Crippen molar-refractivity contribution < 1.29 is 19.1 Å². The van der Waals surface area contributed by atoms with Crippen LogP contribution in [0.4, 0.5) is 14.9 Å². The van der Waals surface area contributed by atoms with Crippen LogP contribution < -0.4 is 10.6 Å². The largest absolute Gasteiger partial charge is 0.391 e. The molecule has 0 spiro atoms. The molecule has 3 N–H and O–H groups in total. The summed E-state index contributed by atoms with van der Waals surface area (Å²) < 4.78 is 13.2. The third-order valence-corrected chi connectivity index (χ3v) is 4.22. The summed E-state index contributed by atoms with van der Waals surface area (Å²) in [6.45, 7) is 0.230. The molecule has 0 unspecified atom stereocenters. The molecular formula is C19H20FN3O3. The zero-order valence-electron chi connectivity index (χ0n) is 14.1. The first-order valence-electron chi connectivity index (χ1n) is 8.36. The minimum atomic E-state index is -0.776. The number of carbonyl (C=O) groups is 2. The van der Waals surface area contributed by atoms with Crippen LogP contribution in [0.15, 0.2) is 54.6 Å². The second-order valence-electron chi connectivity index (χ2n) is 6.20. The third-order valence-electron chi connectivity index (χ3n) is 4.22. The minimum Gasteiger partial charge on any atom is -0.391 e. The van der Waals surface area contributed by atoms with E-state index in [0.29, 0.717) is 11.3 Å². The lowest BCUT2D eigenvalue weighted by atomic mass is 10.1. The fourth-order valence-corrected chi connectivity index (χ4v) is 2.96. The van der Waals surface area contributed by atoms with Gasteiger partial charge in [-0.25, -0.2) is 9.18 Å². The van der Waals surface area contributed by atoms with Crippen LogP contribution >= 0.6 is 0 Å². The van der Waals surface area contributed by atoms with Gasteiger partial charge in [-0.3, -0.25) is 4.79 Å². The molecule has 136 valence electrons. The van der Waals surface area contributed by atoms with E-state index >= 15 is 0 Å². The van der Waals surface area contributed by atoms with Gasteiger partial charge < -0.3 is 20.6 Å². The summed E-state index contributed by atoms with van der Waals surface area (Å²) in [5.74, 6) is -0.758. The summed E-state index contributed by atoms with van der Waals surface area (Å²) in [4.78, 5) is 26.3. The molecule has 0 aliphatic carbocycles. The molecule has 1 aliphatic rings. The van der Waals surface area contributed by atoms with Gasteiger partial charge in [0.1, 0.15) is 11.9 Å². The number of nitrogens with one attached hydrogen (secondary N) is 2. The van der Waals surface area contributed by atoms with Crippen molar-refractivity contribution in [3.8, 4) is 0 Å². The summed E-state index contributed by atoms with van der Waals surface area (Å²) in [6.07, 6.45) is -0.599. The maximum atomic E-state index is 13.2. The molecule has 0 bridgehead atoms. The van der Waals surface area contributed by atoms with Crippen LogP contribution in [0.2, 0.25) is 0 Å². The van der Waals surface area contributed by atoms with Crippen LogP contribution in [0.1, 0.15) is 12.0 Å². The van der Waals surface area contributed by atoms with Gasteiger partial charge in [-0.05, 0) is 29.8 Å². The quantitative estimate of drug-likeness (QED) is 0.784. The Morgan fingerprint density at radius 2 is 1.92 bits per heavy atom. The average molecular weight is 357 g/mol. The molecule has 7 heteroatoms. The maximum Gasteiger partial charge on any atom is 0.322 e. The number of carbonyl (C=O) groups excluding carboxylic acids is 2. The van der Waals surface area contributed by atoms with Crippen LogP contribution in [-0.4, -0.2) is 40.6 Å². The van der Waals surface area contributed by atoms with E-state index in [9.17, 15) is 19.1 Å². The Bertz CT molecular complexity index is 785. The molecule has 0 aromatic heterocycles. The number of anilines is 1. The zero-order valence-corrected chi connectivity index (χ0v) is 14.1. The highest BCUT2D eigenvalue weighted by molar-refractivity contribution is 5.94. The van der Waals surface area contributed by atoms with E-state index in [1.165, 1.54) is 17.0 Å².